The summed E-state index contributed by atoms with van der Waals surface area (Å²) >= 11 is 0. The normalized spacial score (nSPS) is 23.9. The van der Waals surface area contributed by atoms with Gasteiger partial charge in [-0.1, -0.05) is 36.4 Å². The van der Waals surface area contributed by atoms with Crippen LogP contribution in [-0.2, 0) is 6.42 Å². The Bertz CT molecular complexity index is 715. The van der Waals surface area contributed by atoms with Gasteiger partial charge in [-0.3, -0.25) is 0 Å². The lowest BCUT2D eigenvalue weighted by Crippen LogP contribution is -2.36. The smallest absolute Gasteiger partial charge is 0.137 e. The molecule has 0 aromatic heterocycles. The molecule has 1 heterocycles. The van der Waals surface area contributed by atoms with Crippen LogP contribution in [0.5, 0.6) is 5.75 Å². The molecule has 4 rings (SSSR count). The van der Waals surface area contributed by atoms with E-state index in [1.54, 1.807) is 0 Å². The topological polar surface area (TPSA) is 9.23 Å². The molecule has 0 saturated carbocycles. The number of hydrogen-bond donors (Lipinski definition) is 0. The highest BCUT2D eigenvalue weighted by molar-refractivity contribution is 5.59. The summed E-state index contributed by atoms with van der Waals surface area (Å²) in [7, 11) is 0. The third-order valence-corrected chi connectivity index (χ3v) is 3.58. The summed E-state index contributed by atoms with van der Waals surface area (Å²) < 4.78 is 5.32. The maximum absolute atomic E-state index is 5.32. The Morgan fingerprint density at radius 2 is 2.06 bits per heavy atom. The van der Waals surface area contributed by atoms with Gasteiger partial charge >= 0.3 is 0 Å². The highest BCUT2D eigenvalue weighted by Crippen LogP contribution is 2.21. The first-order chi connectivity index (χ1) is 8.40. The van der Waals surface area contributed by atoms with E-state index in [1.807, 2.05) is 6.26 Å². The summed E-state index contributed by atoms with van der Waals surface area (Å²) in [4.78, 5) is 0. The molecule has 0 radical (unpaired) electrons. The van der Waals surface area contributed by atoms with Crippen LogP contribution in [0.4, 0.5) is 0 Å². The lowest BCUT2D eigenvalue weighted by Gasteiger charge is -2.17. The van der Waals surface area contributed by atoms with E-state index >= 15 is 0 Å². The second kappa shape index (κ2) is 3.24. The summed E-state index contributed by atoms with van der Waals surface area (Å²) in [5, 5.41) is 2.60. The van der Waals surface area contributed by atoms with Crippen LogP contribution in [0, 0.1) is 0 Å². The fraction of sp³-hybridized carbons (Fsp3) is 0.125. The minimum atomic E-state index is 1.01. The molecule has 0 unspecified atom stereocenters. The molecule has 0 fully saturated rings. The van der Waals surface area contributed by atoms with Gasteiger partial charge in [-0.25, -0.2) is 0 Å². The average molecular weight is 220 g/mol. The maximum atomic E-state index is 5.32. The predicted octanol–water partition coefficient (Wildman–Crippen LogP) is 1.97. The molecule has 17 heavy (non-hydrogen) atoms. The van der Waals surface area contributed by atoms with Crippen LogP contribution >= 0.6 is 0 Å². The Morgan fingerprint density at radius 1 is 1.06 bits per heavy atom. The third-order valence-electron chi connectivity index (χ3n) is 3.58. The average Bonchev–Trinajstić information content (AvgIpc) is 2.29. The third kappa shape index (κ3) is 1.32. The van der Waals surface area contributed by atoms with Crippen LogP contribution in [0.15, 0.2) is 47.6 Å². The minimum absolute atomic E-state index is 1.01. The highest BCUT2D eigenvalue weighted by atomic mass is 16.5. The molecule has 1 aromatic carbocycles. The zero-order chi connectivity index (χ0) is 11.2. The van der Waals surface area contributed by atoms with Crippen molar-refractivity contribution in [3.8, 4) is 5.75 Å². The lowest BCUT2D eigenvalue weighted by molar-refractivity contribution is 0.495. The summed E-state index contributed by atoms with van der Waals surface area (Å²) in [6, 6.07) is 4.25. The molecular formula is C16H12O. The molecule has 0 amide bonds. The molecule has 0 N–H and O–H groups in total. The molecule has 1 aliphatic heterocycles. The van der Waals surface area contributed by atoms with Crippen LogP contribution in [0.1, 0.15) is 12.0 Å². The first-order valence-corrected chi connectivity index (χ1v) is 5.97. The van der Waals surface area contributed by atoms with Gasteiger partial charge in [0.1, 0.15) is 12.0 Å². The molecule has 1 nitrogen and oxygen atoms in total. The van der Waals surface area contributed by atoms with Crippen molar-refractivity contribution in [3.05, 3.63) is 63.6 Å². The molecule has 0 atom stereocenters. The number of allylic oxidation sites excluding steroid dienone is 6. The van der Waals surface area contributed by atoms with Crippen molar-refractivity contribution < 1.29 is 4.74 Å². The fourth-order valence-electron chi connectivity index (χ4n) is 2.61. The Morgan fingerprint density at radius 3 is 2.94 bits per heavy atom. The van der Waals surface area contributed by atoms with E-state index in [9.17, 15) is 0 Å². The number of hydrogen-bond acceptors (Lipinski definition) is 1. The first-order valence-electron chi connectivity index (χ1n) is 5.97. The molecule has 1 aromatic rings. The van der Waals surface area contributed by atoms with E-state index in [0.29, 0.717) is 0 Å². The zero-order valence-electron chi connectivity index (χ0n) is 9.44. The molecule has 1 heteroatoms. The van der Waals surface area contributed by atoms with Crippen molar-refractivity contribution in [2.75, 3.05) is 0 Å². The van der Waals surface area contributed by atoms with Gasteiger partial charge in [-0.2, -0.15) is 0 Å². The van der Waals surface area contributed by atoms with Crippen molar-refractivity contribution in [3.63, 3.8) is 0 Å². The van der Waals surface area contributed by atoms with Crippen molar-refractivity contribution in [2.24, 2.45) is 0 Å². The monoisotopic (exact) mass is 220 g/mol. The van der Waals surface area contributed by atoms with Crippen LogP contribution in [0.2, 0.25) is 0 Å². The van der Waals surface area contributed by atoms with E-state index in [1.165, 1.54) is 27.1 Å². The van der Waals surface area contributed by atoms with Crippen molar-refractivity contribution >= 4 is 12.3 Å². The molecule has 2 bridgehead atoms. The van der Waals surface area contributed by atoms with E-state index in [4.69, 9.17) is 4.74 Å². The van der Waals surface area contributed by atoms with Crippen molar-refractivity contribution in [1.82, 2.24) is 0 Å². The van der Waals surface area contributed by atoms with Gasteiger partial charge < -0.3 is 4.74 Å². The van der Waals surface area contributed by atoms with Crippen LogP contribution < -0.4 is 15.2 Å². The highest BCUT2D eigenvalue weighted by Gasteiger charge is 2.12. The Hall–Kier alpha value is -2.02. The summed E-state index contributed by atoms with van der Waals surface area (Å²) in [5.41, 5.74) is 4.20. The largest absolute Gasteiger partial charge is 0.463 e. The Balaban J connectivity index is 2.06. The van der Waals surface area contributed by atoms with Gasteiger partial charge in [-0.05, 0) is 40.8 Å². The number of benzene rings is 1. The van der Waals surface area contributed by atoms with Crippen LogP contribution in [-0.4, -0.2) is 0 Å². The van der Waals surface area contributed by atoms with E-state index in [-0.39, 0.29) is 0 Å². The molecule has 0 spiro atoms. The fourth-order valence-corrected chi connectivity index (χ4v) is 2.61. The lowest BCUT2D eigenvalue weighted by atomic mass is 9.92. The Labute approximate surface area is 99.7 Å². The van der Waals surface area contributed by atoms with E-state index in [0.717, 1.165) is 18.6 Å². The molecule has 2 aliphatic carbocycles. The van der Waals surface area contributed by atoms with Gasteiger partial charge in [0.15, 0.2) is 0 Å². The van der Waals surface area contributed by atoms with Crippen LogP contribution in [0.25, 0.3) is 12.3 Å². The second-order valence-corrected chi connectivity index (χ2v) is 4.69. The maximum Gasteiger partial charge on any atom is 0.137 e. The number of ether oxygens (including phenoxy) is 1. The molecule has 3 aliphatic rings. The summed E-state index contributed by atoms with van der Waals surface area (Å²) in [5.74, 6) is 1.01. The van der Waals surface area contributed by atoms with E-state index in [2.05, 4.69) is 42.5 Å². The van der Waals surface area contributed by atoms with Crippen LogP contribution in [0.3, 0.4) is 0 Å². The second-order valence-electron chi connectivity index (χ2n) is 4.69. The zero-order valence-corrected chi connectivity index (χ0v) is 9.44. The molecule has 0 saturated heterocycles. The first kappa shape index (κ1) is 9.06. The number of fused-ring (bicyclic) bond motifs is 5. The van der Waals surface area contributed by atoms with Crippen molar-refractivity contribution in [1.29, 1.82) is 0 Å². The standard InChI is InChI=1S/C16H12O/c1-2-11-4-5-13-6-7-16-15(10-17-16)14(13)9-12(3-1)8-11/h1-4,6-7,9-10H,5,8H2/b11-4-,14-9+. The number of rotatable bonds is 0. The van der Waals surface area contributed by atoms with E-state index < -0.39 is 0 Å². The SMILES string of the molecule is C1=C/C2=C/Cc3ccc4c(/c3=C/C(=C1)C2)=CO4. The quantitative estimate of drug-likeness (QED) is 0.649. The Kier molecular flexibility index (Phi) is 1.72. The molecule has 82 valence electrons. The summed E-state index contributed by atoms with van der Waals surface area (Å²) in [6.07, 6.45) is 15.1. The summed E-state index contributed by atoms with van der Waals surface area (Å²) in [6.45, 7) is 0. The predicted molar refractivity (Wildman–Crippen MR) is 68.9 cm³/mol. The molecular weight excluding hydrogens is 208 g/mol. The van der Waals surface area contributed by atoms with Gasteiger partial charge in [0.25, 0.3) is 0 Å². The van der Waals surface area contributed by atoms with Crippen molar-refractivity contribution in [2.45, 2.75) is 12.8 Å². The van der Waals surface area contributed by atoms with Gasteiger partial charge in [0.05, 0.1) is 5.22 Å². The van der Waals surface area contributed by atoms with Gasteiger partial charge in [0, 0.05) is 0 Å². The van der Waals surface area contributed by atoms with Gasteiger partial charge in [-0.15, -0.1) is 0 Å². The van der Waals surface area contributed by atoms with Gasteiger partial charge in [0.2, 0.25) is 0 Å². The minimum Gasteiger partial charge on any atom is -0.463 e.